The van der Waals surface area contributed by atoms with E-state index in [4.69, 9.17) is 0 Å². The van der Waals surface area contributed by atoms with Crippen LogP contribution in [0.15, 0.2) is 17.3 Å². The zero-order valence-electron chi connectivity index (χ0n) is 6.91. The van der Waals surface area contributed by atoms with Crippen molar-refractivity contribution in [2.24, 2.45) is 4.99 Å². The van der Waals surface area contributed by atoms with Gasteiger partial charge in [-0.1, -0.05) is 0 Å². The van der Waals surface area contributed by atoms with Crippen molar-refractivity contribution in [3.63, 3.8) is 0 Å². The molecule has 12 heavy (non-hydrogen) atoms. The van der Waals surface area contributed by atoms with Gasteiger partial charge >= 0.3 is 0 Å². The first-order chi connectivity index (χ1) is 5.86. The smallest absolute Gasteiger partial charge is 0.211 e. The SMILES string of the molecule is FC1=NCN(N2CCCC2)C=C1. The Morgan fingerprint density at radius 1 is 1.33 bits per heavy atom. The van der Waals surface area contributed by atoms with Gasteiger partial charge in [0.2, 0.25) is 5.97 Å². The van der Waals surface area contributed by atoms with Crippen LogP contribution in [0.1, 0.15) is 12.8 Å². The highest BCUT2D eigenvalue weighted by Crippen LogP contribution is 2.13. The van der Waals surface area contributed by atoms with Crippen LogP contribution in [0.4, 0.5) is 4.39 Å². The van der Waals surface area contributed by atoms with Crippen LogP contribution in [0.3, 0.4) is 0 Å². The number of hydrogen-bond acceptors (Lipinski definition) is 3. The minimum Gasteiger partial charge on any atom is -0.291 e. The number of halogens is 1. The average Bonchev–Trinajstić information content (AvgIpc) is 2.58. The Balaban J connectivity index is 1.94. The summed E-state index contributed by atoms with van der Waals surface area (Å²) in [5.74, 6) is -0.370. The van der Waals surface area contributed by atoms with Gasteiger partial charge in [-0.05, 0) is 12.8 Å². The highest BCUT2D eigenvalue weighted by Gasteiger charge is 2.17. The normalized spacial score (nSPS) is 24.8. The van der Waals surface area contributed by atoms with E-state index in [1.165, 1.54) is 18.9 Å². The number of hydrazine groups is 1. The van der Waals surface area contributed by atoms with Crippen molar-refractivity contribution < 1.29 is 4.39 Å². The Morgan fingerprint density at radius 2 is 2.08 bits per heavy atom. The first-order valence-corrected chi connectivity index (χ1v) is 4.26. The largest absolute Gasteiger partial charge is 0.291 e. The Labute approximate surface area is 71.1 Å². The molecule has 1 fully saturated rings. The van der Waals surface area contributed by atoms with E-state index in [-0.39, 0.29) is 5.97 Å². The van der Waals surface area contributed by atoms with Gasteiger partial charge in [-0.15, -0.1) is 0 Å². The van der Waals surface area contributed by atoms with Crippen molar-refractivity contribution in [3.05, 3.63) is 12.3 Å². The van der Waals surface area contributed by atoms with Crippen molar-refractivity contribution in [1.82, 2.24) is 10.0 Å². The molecule has 0 amide bonds. The van der Waals surface area contributed by atoms with E-state index in [0.29, 0.717) is 6.67 Å². The predicted molar refractivity (Wildman–Crippen MR) is 45.2 cm³/mol. The number of nitrogens with zero attached hydrogens (tertiary/aromatic N) is 3. The van der Waals surface area contributed by atoms with E-state index in [1.54, 1.807) is 6.20 Å². The topological polar surface area (TPSA) is 18.8 Å². The van der Waals surface area contributed by atoms with Crippen LogP contribution in [0, 0.1) is 0 Å². The summed E-state index contributed by atoms with van der Waals surface area (Å²) in [6.07, 6.45) is 5.63. The average molecular weight is 169 g/mol. The Kier molecular flexibility index (Phi) is 2.08. The third kappa shape index (κ3) is 1.48. The third-order valence-corrected chi connectivity index (χ3v) is 2.20. The number of rotatable bonds is 1. The third-order valence-electron chi connectivity index (χ3n) is 2.20. The molecule has 0 unspecified atom stereocenters. The molecule has 0 aliphatic carbocycles. The maximum Gasteiger partial charge on any atom is 0.211 e. The Bertz CT molecular complexity index is 218. The maximum atomic E-state index is 12.5. The molecule has 4 heteroatoms. The van der Waals surface area contributed by atoms with Crippen molar-refractivity contribution >= 4 is 5.97 Å². The molecule has 0 atom stereocenters. The van der Waals surface area contributed by atoms with Crippen LogP contribution in [-0.4, -0.2) is 35.7 Å². The lowest BCUT2D eigenvalue weighted by atomic mass is 10.4. The quantitative estimate of drug-likeness (QED) is 0.586. The Morgan fingerprint density at radius 3 is 2.67 bits per heavy atom. The molecular formula is C8H12FN3. The predicted octanol–water partition coefficient (Wildman–Crippen LogP) is 1.15. The highest BCUT2D eigenvalue weighted by atomic mass is 19.1. The van der Waals surface area contributed by atoms with Crippen LogP contribution < -0.4 is 0 Å². The van der Waals surface area contributed by atoms with Crippen LogP contribution in [0.5, 0.6) is 0 Å². The Hall–Kier alpha value is -0.900. The molecule has 2 aliphatic heterocycles. The molecule has 0 aromatic heterocycles. The molecule has 2 heterocycles. The summed E-state index contributed by atoms with van der Waals surface area (Å²) in [6.45, 7) is 2.57. The molecule has 66 valence electrons. The van der Waals surface area contributed by atoms with Crippen molar-refractivity contribution in [3.8, 4) is 0 Å². The second-order valence-corrected chi connectivity index (χ2v) is 3.04. The second kappa shape index (κ2) is 3.23. The van der Waals surface area contributed by atoms with Gasteiger partial charge in [0.15, 0.2) is 0 Å². The lowest BCUT2D eigenvalue weighted by Gasteiger charge is -2.29. The molecule has 0 saturated carbocycles. The summed E-state index contributed by atoms with van der Waals surface area (Å²) in [5, 5.41) is 4.17. The molecule has 0 aromatic rings. The first kappa shape index (κ1) is 7.73. The zero-order valence-corrected chi connectivity index (χ0v) is 6.91. The molecule has 3 nitrogen and oxygen atoms in total. The number of hydrogen-bond donors (Lipinski definition) is 0. The van der Waals surface area contributed by atoms with Gasteiger partial charge in [-0.2, -0.15) is 4.39 Å². The van der Waals surface area contributed by atoms with Crippen molar-refractivity contribution in [2.75, 3.05) is 19.8 Å². The lowest BCUT2D eigenvalue weighted by Crippen LogP contribution is -2.38. The van der Waals surface area contributed by atoms with E-state index >= 15 is 0 Å². The minimum atomic E-state index is -0.370. The summed E-state index contributed by atoms with van der Waals surface area (Å²) in [7, 11) is 0. The van der Waals surface area contributed by atoms with E-state index < -0.39 is 0 Å². The van der Waals surface area contributed by atoms with Gasteiger partial charge in [0.1, 0.15) is 6.67 Å². The summed E-state index contributed by atoms with van der Waals surface area (Å²) in [4.78, 5) is 3.70. The molecule has 0 N–H and O–H groups in total. The van der Waals surface area contributed by atoms with Gasteiger partial charge in [0.25, 0.3) is 0 Å². The van der Waals surface area contributed by atoms with Gasteiger partial charge in [-0.25, -0.2) is 10.0 Å². The van der Waals surface area contributed by atoms with E-state index in [0.717, 1.165) is 13.1 Å². The van der Waals surface area contributed by atoms with E-state index in [2.05, 4.69) is 10.0 Å². The van der Waals surface area contributed by atoms with Crippen LogP contribution >= 0.6 is 0 Å². The van der Waals surface area contributed by atoms with Gasteiger partial charge in [0, 0.05) is 25.4 Å². The lowest BCUT2D eigenvalue weighted by molar-refractivity contribution is 0.0502. The van der Waals surface area contributed by atoms with Crippen LogP contribution in [-0.2, 0) is 0 Å². The van der Waals surface area contributed by atoms with Gasteiger partial charge < -0.3 is 0 Å². The zero-order chi connectivity index (χ0) is 8.39. The molecule has 0 bridgehead atoms. The summed E-state index contributed by atoms with van der Waals surface area (Å²) in [5.41, 5.74) is 0. The molecule has 0 radical (unpaired) electrons. The maximum absolute atomic E-state index is 12.5. The monoisotopic (exact) mass is 169 g/mol. The van der Waals surface area contributed by atoms with E-state index in [9.17, 15) is 4.39 Å². The fourth-order valence-electron chi connectivity index (χ4n) is 1.53. The first-order valence-electron chi connectivity index (χ1n) is 4.26. The molecule has 2 aliphatic rings. The van der Waals surface area contributed by atoms with Gasteiger partial charge in [0.05, 0.1) is 0 Å². The summed E-state index contributed by atoms with van der Waals surface area (Å²) >= 11 is 0. The molecule has 0 spiro atoms. The van der Waals surface area contributed by atoms with Crippen molar-refractivity contribution in [1.29, 1.82) is 0 Å². The fraction of sp³-hybridized carbons (Fsp3) is 0.625. The van der Waals surface area contributed by atoms with Crippen LogP contribution in [0.25, 0.3) is 0 Å². The second-order valence-electron chi connectivity index (χ2n) is 3.04. The summed E-state index contributed by atoms with van der Waals surface area (Å²) in [6, 6.07) is 0. The fourth-order valence-corrected chi connectivity index (χ4v) is 1.53. The van der Waals surface area contributed by atoms with Crippen LogP contribution in [0.2, 0.25) is 0 Å². The molecule has 0 aromatic carbocycles. The standard InChI is InChI=1S/C8H12FN3/c9-8-3-6-12(7-10-8)11-4-1-2-5-11/h3,6H,1-2,4-5,7H2. The number of aliphatic imine (C=N–C) groups is 1. The number of allylic oxidation sites excluding steroid dienone is 1. The van der Waals surface area contributed by atoms with E-state index in [1.807, 2.05) is 5.01 Å². The highest BCUT2D eigenvalue weighted by molar-refractivity contribution is 5.86. The summed E-state index contributed by atoms with van der Waals surface area (Å²) < 4.78 is 12.5. The molecular weight excluding hydrogens is 157 g/mol. The van der Waals surface area contributed by atoms with Crippen molar-refractivity contribution in [2.45, 2.75) is 12.8 Å². The van der Waals surface area contributed by atoms with Gasteiger partial charge in [-0.3, -0.25) is 5.01 Å². The minimum absolute atomic E-state index is 0.370. The molecule has 1 saturated heterocycles. The molecule has 2 rings (SSSR count).